The van der Waals surface area contributed by atoms with Crippen LogP contribution in [0.4, 0.5) is 11.4 Å². The molecule has 1 unspecified atom stereocenters. The Morgan fingerprint density at radius 3 is 2.52 bits per heavy atom. The van der Waals surface area contributed by atoms with E-state index >= 15 is 0 Å². The SMILES string of the molecule is CC(c1ccccc1Cl)N(C)c1ccc(N)c(C(N)=O)c1. The molecule has 110 valence electrons. The van der Waals surface area contributed by atoms with E-state index in [2.05, 4.69) is 0 Å². The molecule has 0 saturated carbocycles. The van der Waals surface area contributed by atoms with Gasteiger partial charge in [0.15, 0.2) is 0 Å². The molecule has 2 aromatic carbocycles. The molecule has 0 aliphatic heterocycles. The van der Waals surface area contributed by atoms with Gasteiger partial charge in [-0.1, -0.05) is 29.8 Å². The number of benzene rings is 2. The minimum Gasteiger partial charge on any atom is -0.398 e. The van der Waals surface area contributed by atoms with Crippen molar-refractivity contribution < 1.29 is 4.79 Å². The topological polar surface area (TPSA) is 72.3 Å². The quantitative estimate of drug-likeness (QED) is 0.852. The van der Waals surface area contributed by atoms with Crippen molar-refractivity contribution in [1.29, 1.82) is 0 Å². The van der Waals surface area contributed by atoms with Crippen molar-refractivity contribution in [2.45, 2.75) is 13.0 Å². The molecule has 4 nitrogen and oxygen atoms in total. The number of anilines is 2. The average Bonchev–Trinajstić information content (AvgIpc) is 2.46. The first-order valence-electron chi connectivity index (χ1n) is 6.58. The first-order valence-corrected chi connectivity index (χ1v) is 6.96. The predicted molar refractivity (Wildman–Crippen MR) is 87.6 cm³/mol. The van der Waals surface area contributed by atoms with E-state index in [1.807, 2.05) is 49.2 Å². The standard InChI is InChI=1S/C16H18ClN3O/c1-10(12-5-3-4-6-14(12)17)20(2)11-7-8-15(18)13(9-11)16(19)21/h3-10H,18H2,1-2H3,(H2,19,21). The van der Waals surface area contributed by atoms with Gasteiger partial charge in [0.1, 0.15) is 0 Å². The van der Waals surface area contributed by atoms with Crippen molar-refractivity contribution in [2.24, 2.45) is 5.73 Å². The molecule has 5 heteroatoms. The molecule has 0 spiro atoms. The Morgan fingerprint density at radius 2 is 1.90 bits per heavy atom. The van der Waals surface area contributed by atoms with Gasteiger partial charge in [-0.2, -0.15) is 0 Å². The summed E-state index contributed by atoms with van der Waals surface area (Å²) in [6, 6.07) is 13.0. The third-order valence-corrected chi connectivity index (χ3v) is 3.99. The van der Waals surface area contributed by atoms with Crippen LogP contribution in [-0.4, -0.2) is 13.0 Å². The number of rotatable bonds is 4. The molecular weight excluding hydrogens is 286 g/mol. The van der Waals surface area contributed by atoms with E-state index in [1.165, 1.54) is 0 Å². The third kappa shape index (κ3) is 3.11. The highest BCUT2D eigenvalue weighted by molar-refractivity contribution is 6.31. The van der Waals surface area contributed by atoms with Crippen LogP contribution in [0.2, 0.25) is 5.02 Å². The minimum absolute atomic E-state index is 0.0445. The van der Waals surface area contributed by atoms with E-state index in [0.717, 1.165) is 11.3 Å². The Kier molecular flexibility index (Phi) is 4.38. The number of hydrogen-bond acceptors (Lipinski definition) is 3. The Balaban J connectivity index is 2.36. The highest BCUT2D eigenvalue weighted by Crippen LogP contribution is 2.31. The van der Waals surface area contributed by atoms with Crippen LogP contribution >= 0.6 is 11.6 Å². The van der Waals surface area contributed by atoms with E-state index < -0.39 is 5.91 Å². The number of carbonyl (C=O) groups excluding carboxylic acids is 1. The number of primary amides is 1. The minimum atomic E-state index is -0.534. The average molecular weight is 304 g/mol. The van der Waals surface area contributed by atoms with Gasteiger partial charge in [-0.25, -0.2) is 0 Å². The number of amides is 1. The molecule has 0 aliphatic rings. The van der Waals surface area contributed by atoms with Crippen LogP contribution in [0.25, 0.3) is 0 Å². The molecule has 0 bridgehead atoms. The van der Waals surface area contributed by atoms with Crippen molar-refractivity contribution >= 4 is 28.9 Å². The predicted octanol–water partition coefficient (Wildman–Crippen LogP) is 3.22. The number of nitrogens with zero attached hydrogens (tertiary/aromatic N) is 1. The number of halogens is 1. The Bertz CT molecular complexity index is 672. The van der Waals surface area contributed by atoms with Gasteiger partial charge in [0.25, 0.3) is 5.91 Å². The molecule has 0 radical (unpaired) electrons. The van der Waals surface area contributed by atoms with E-state index in [9.17, 15) is 4.79 Å². The lowest BCUT2D eigenvalue weighted by Gasteiger charge is -2.28. The second-order valence-corrected chi connectivity index (χ2v) is 5.35. The lowest BCUT2D eigenvalue weighted by molar-refractivity contribution is 0.100. The highest BCUT2D eigenvalue weighted by Gasteiger charge is 2.16. The zero-order chi connectivity index (χ0) is 15.6. The zero-order valence-corrected chi connectivity index (χ0v) is 12.8. The van der Waals surface area contributed by atoms with Crippen molar-refractivity contribution in [3.05, 3.63) is 58.6 Å². The Hall–Kier alpha value is -2.20. The summed E-state index contributed by atoms with van der Waals surface area (Å²) in [5.74, 6) is -0.534. The summed E-state index contributed by atoms with van der Waals surface area (Å²) in [6.45, 7) is 2.04. The lowest BCUT2D eigenvalue weighted by Crippen LogP contribution is -2.23. The Labute approximate surface area is 129 Å². The molecule has 0 heterocycles. The van der Waals surface area contributed by atoms with Gasteiger partial charge in [0.05, 0.1) is 11.6 Å². The molecule has 0 aromatic heterocycles. The Morgan fingerprint density at radius 1 is 1.24 bits per heavy atom. The zero-order valence-electron chi connectivity index (χ0n) is 12.0. The van der Waals surface area contributed by atoms with Crippen molar-refractivity contribution in [1.82, 2.24) is 0 Å². The molecular formula is C16H18ClN3O. The van der Waals surface area contributed by atoms with Crippen LogP contribution in [0.15, 0.2) is 42.5 Å². The number of nitrogens with two attached hydrogens (primary N) is 2. The highest BCUT2D eigenvalue weighted by atomic mass is 35.5. The molecule has 4 N–H and O–H groups in total. The van der Waals surface area contributed by atoms with E-state index in [1.54, 1.807) is 12.1 Å². The molecule has 2 aromatic rings. The lowest BCUT2D eigenvalue weighted by atomic mass is 10.1. The third-order valence-electron chi connectivity index (χ3n) is 3.65. The molecule has 0 aliphatic carbocycles. The molecule has 1 amide bonds. The first kappa shape index (κ1) is 15.2. The molecule has 1 atom stereocenters. The van der Waals surface area contributed by atoms with Crippen LogP contribution in [0.3, 0.4) is 0 Å². The van der Waals surface area contributed by atoms with Gasteiger partial charge in [0, 0.05) is 23.4 Å². The van der Waals surface area contributed by atoms with Gasteiger partial charge >= 0.3 is 0 Å². The fourth-order valence-corrected chi connectivity index (χ4v) is 2.52. The van der Waals surface area contributed by atoms with Crippen LogP contribution in [-0.2, 0) is 0 Å². The van der Waals surface area contributed by atoms with Gasteiger partial charge in [-0.15, -0.1) is 0 Å². The summed E-state index contributed by atoms with van der Waals surface area (Å²) in [7, 11) is 1.93. The summed E-state index contributed by atoms with van der Waals surface area (Å²) in [4.78, 5) is 13.4. The number of hydrogen-bond donors (Lipinski definition) is 2. The van der Waals surface area contributed by atoms with Gasteiger partial charge in [0.2, 0.25) is 0 Å². The van der Waals surface area contributed by atoms with Crippen molar-refractivity contribution in [3.8, 4) is 0 Å². The first-order chi connectivity index (χ1) is 9.91. The van der Waals surface area contributed by atoms with Gasteiger partial charge in [-0.05, 0) is 36.8 Å². The molecule has 2 rings (SSSR count). The van der Waals surface area contributed by atoms with Crippen molar-refractivity contribution in [3.63, 3.8) is 0 Å². The fourth-order valence-electron chi connectivity index (χ4n) is 2.22. The van der Waals surface area contributed by atoms with Gasteiger partial charge < -0.3 is 16.4 Å². The maximum atomic E-state index is 11.4. The van der Waals surface area contributed by atoms with Crippen LogP contribution < -0.4 is 16.4 Å². The second-order valence-electron chi connectivity index (χ2n) is 4.94. The maximum Gasteiger partial charge on any atom is 0.250 e. The maximum absolute atomic E-state index is 11.4. The molecule has 21 heavy (non-hydrogen) atoms. The smallest absolute Gasteiger partial charge is 0.250 e. The van der Waals surface area contributed by atoms with Crippen LogP contribution in [0.1, 0.15) is 28.9 Å². The number of carbonyl (C=O) groups is 1. The summed E-state index contributed by atoms with van der Waals surface area (Å²) in [5, 5.41) is 0.711. The summed E-state index contributed by atoms with van der Waals surface area (Å²) >= 11 is 6.24. The monoisotopic (exact) mass is 303 g/mol. The summed E-state index contributed by atoms with van der Waals surface area (Å²) in [5.41, 5.74) is 13.7. The summed E-state index contributed by atoms with van der Waals surface area (Å²) < 4.78 is 0. The largest absolute Gasteiger partial charge is 0.398 e. The van der Waals surface area contributed by atoms with Crippen molar-refractivity contribution in [2.75, 3.05) is 17.7 Å². The number of nitrogen functional groups attached to an aromatic ring is 1. The molecule has 0 fully saturated rings. The van der Waals surface area contributed by atoms with Crippen LogP contribution in [0.5, 0.6) is 0 Å². The van der Waals surface area contributed by atoms with E-state index in [4.69, 9.17) is 23.1 Å². The molecule has 0 saturated heterocycles. The normalized spacial score (nSPS) is 12.0. The van der Waals surface area contributed by atoms with Crippen LogP contribution in [0, 0.1) is 0 Å². The van der Waals surface area contributed by atoms with E-state index in [0.29, 0.717) is 16.3 Å². The summed E-state index contributed by atoms with van der Waals surface area (Å²) in [6.07, 6.45) is 0. The van der Waals surface area contributed by atoms with E-state index in [-0.39, 0.29) is 6.04 Å². The second kappa shape index (κ2) is 6.06. The fraction of sp³-hybridized carbons (Fsp3) is 0.188. The van der Waals surface area contributed by atoms with Gasteiger partial charge in [-0.3, -0.25) is 4.79 Å².